The molecule has 1 aromatic carbocycles. The first kappa shape index (κ1) is 12.4. The number of aromatic amines is 1. The molecule has 0 amide bonds. The van der Waals surface area contributed by atoms with Crippen LogP contribution in [0.15, 0.2) is 24.3 Å². The molecule has 0 saturated carbocycles. The van der Waals surface area contributed by atoms with Crippen molar-refractivity contribution >= 4 is 16.7 Å². The smallest absolute Gasteiger partial charge is 0.171 e. The van der Waals surface area contributed by atoms with Crippen LogP contribution in [-0.2, 0) is 21.6 Å². The number of methoxy groups -OCH3 is 1. The van der Waals surface area contributed by atoms with Crippen molar-refractivity contribution < 1.29 is 14.6 Å². The first-order valence-corrected chi connectivity index (χ1v) is 6.32. The molecule has 4 heteroatoms. The largest absolute Gasteiger partial charge is 0.379 e. The van der Waals surface area contributed by atoms with E-state index in [0.717, 1.165) is 22.2 Å². The van der Waals surface area contributed by atoms with Crippen LogP contribution >= 0.6 is 0 Å². The Kier molecular flexibility index (Phi) is 2.40. The van der Waals surface area contributed by atoms with E-state index < -0.39 is 11.2 Å². The number of rotatable bonds is 1. The molecule has 0 unspecified atom stereocenters. The fraction of sp³-hybridized carbons (Fsp3) is 0.400. The third-order valence-electron chi connectivity index (χ3n) is 4.51. The number of ether oxygens (including phenoxy) is 1. The summed E-state index contributed by atoms with van der Waals surface area (Å²) in [5, 5.41) is 11.6. The van der Waals surface area contributed by atoms with Gasteiger partial charge in [0.1, 0.15) is 5.60 Å². The normalized spacial score (nSPS) is 30.6. The molecule has 0 saturated heterocycles. The van der Waals surface area contributed by atoms with E-state index in [1.54, 1.807) is 6.92 Å². The Morgan fingerprint density at radius 2 is 2.00 bits per heavy atom. The third-order valence-corrected chi connectivity index (χ3v) is 4.51. The SMILES string of the molecule is CO[C@]1(C)c2[nH]c3ccccc3c2CC(=O)[C@@]1(C)O. The number of fused-ring (bicyclic) bond motifs is 3. The Morgan fingerprint density at radius 3 is 2.68 bits per heavy atom. The number of ketones is 1. The lowest BCUT2D eigenvalue weighted by molar-refractivity contribution is -0.180. The van der Waals surface area contributed by atoms with Crippen LogP contribution in [0.2, 0.25) is 0 Å². The summed E-state index contributed by atoms with van der Waals surface area (Å²) in [5.74, 6) is -0.214. The van der Waals surface area contributed by atoms with Crippen LogP contribution in [0.5, 0.6) is 0 Å². The van der Waals surface area contributed by atoms with Crippen LogP contribution in [0.1, 0.15) is 25.1 Å². The number of carbonyl (C=O) groups is 1. The predicted octanol–water partition coefficient (Wildman–Crippen LogP) is 1.91. The summed E-state index contributed by atoms with van der Waals surface area (Å²) in [4.78, 5) is 15.5. The predicted molar refractivity (Wildman–Crippen MR) is 72.0 cm³/mol. The average molecular weight is 259 g/mol. The van der Waals surface area contributed by atoms with Gasteiger partial charge in [-0.3, -0.25) is 4.79 Å². The standard InChI is InChI=1S/C15H17NO3/c1-14(18)12(17)8-10-9-6-4-5-7-11(9)16-13(10)15(14,2)19-3/h4-7,16,18H,8H2,1-3H3/t14-,15-/m1/s1. The lowest BCUT2D eigenvalue weighted by atomic mass is 9.72. The average Bonchev–Trinajstić information content (AvgIpc) is 2.76. The maximum atomic E-state index is 12.3. The molecule has 4 nitrogen and oxygen atoms in total. The summed E-state index contributed by atoms with van der Waals surface area (Å²) < 4.78 is 5.52. The van der Waals surface area contributed by atoms with Gasteiger partial charge in [0.2, 0.25) is 0 Å². The van der Waals surface area contributed by atoms with E-state index >= 15 is 0 Å². The lowest BCUT2D eigenvalue weighted by Gasteiger charge is -2.43. The Morgan fingerprint density at radius 1 is 1.32 bits per heavy atom. The minimum Gasteiger partial charge on any atom is -0.379 e. The number of nitrogens with one attached hydrogen (secondary N) is 1. The highest BCUT2D eigenvalue weighted by Crippen LogP contribution is 2.44. The molecule has 2 N–H and O–H groups in total. The summed E-state index contributed by atoms with van der Waals surface area (Å²) >= 11 is 0. The van der Waals surface area contributed by atoms with Crippen LogP contribution in [0.25, 0.3) is 10.9 Å². The molecular weight excluding hydrogens is 242 g/mol. The zero-order chi connectivity index (χ0) is 13.8. The Balaban J connectivity index is 2.37. The number of benzene rings is 1. The van der Waals surface area contributed by atoms with Gasteiger partial charge in [-0.15, -0.1) is 0 Å². The quantitative estimate of drug-likeness (QED) is 0.822. The fourth-order valence-electron chi connectivity index (χ4n) is 2.93. The van der Waals surface area contributed by atoms with E-state index in [2.05, 4.69) is 4.98 Å². The molecule has 1 aliphatic carbocycles. The number of aromatic nitrogens is 1. The number of H-pyrrole nitrogens is 1. The van der Waals surface area contributed by atoms with Crippen molar-refractivity contribution in [3.63, 3.8) is 0 Å². The summed E-state index contributed by atoms with van der Waals surface area (Å²) in [5.41, 5.74) is 0.0883. The van der Waals surface area contributed by atoms with E-state index in [9.17, 15) is 9.90 Å². The van der Waals surface area contributed by atoms with Gasteiger partial charge in [-0.05, 0) is 25.5 Å². The van der Waals surface area contributed by atoms with Crippen LogP contribution in [-0.4, -0.2) is 28.6 Å². The summed E-state index contributed by atoms with van der Waals surface area (Å²) in [6.07, 6.45) is 0.227. The molecule has 3 rings (SSSR count). The molecule has 1 aromatic heterocycles. The van der Waals surface area contributed by atoms with Crippen molar-refractivity contribution in [2.45, 2.75) is 31.5 Å². The zero-order valence-electron chi connectivity index (χ0n) is 11.3. The molecule has 2 aromatic rings. The van der Waals surface area contributed by atoms with Crippen molar-refractivity contribution in [2.24, 2.45) is 0 Å². The molecular formula is C15H17NO3. The molecule has 1 aliphatic rings. The van der Waals surface area contributed by atoms with Gasteiger partial charge >= 0.3 is 0 Å². The molecule has 2 atom stereocenters. The van der Waals surface area contributed by atoms with Gasteiger partial charge in [0.15, 0.2) is 11.4 Å². The van der Waals surface area contributed by atoms with Gasteiger partial charge < -0.3 is 14.8 Å². The van der Waals surface area contributed by atoms with Crippen molar-refractivity contribution in [2.75, 3.05) is 7.11 Å². The second kappa shape index (κ2) is 3.68. The highest BCUT2D eigenvalue weighted by atomic mass is 16.5. The highest BCUT2D eigenvalue weighted by molar-refractivity contribution is 5.98. The monoisotopic (exact) mass is 259 g/mol. The second-order valence-electron chi connectivity index (χ2n) is 5.43. The first-order valence-electron chi connectivity index (χ1n) is 6.32. The van der Waals surface area contributed by atoms with Crippen molar-refractivity contribution in [3.05, 3.63) is 35.5 Å². The van der Waals surface area contributed by atoms with Crippen molar-refractivity contribution in [3.8, 4) is 0 Å². The van der Waals surface area contributed by atoms with Crippen LogP contribution < -0.4 is 0 Å². The summed E-state index contributed by atoms with van der Waals surface area (Å²) in [6, 6.07) is 7.82. The molecule has 100 valence electrons. The number of hydrogen-bond acceptors (Lipinski definition) is 3. The van der Waals surface area contributed by atoms with E-state index in [0.29, 0.717) is 0 Å². The van der Waals surface area contributed by atoms with Crippen molar-refractivity contribution in [1.82, 2.24) is 4.98 Å². The molecule has 19 heavy (non-hydrogen) atoms. The van der Waals surface area contributed by atoms with E-state index in [-0.39, 0.29) is 12.2 Å². The Labute approximate surface area is 111 Å². The zero-order valence-corrected chi connectivity index (χ0v) is 11.3. The fourth-order valence-corrected chi connectivity index (χ4v) is 2.93. The highest BCUT2D eigenvalue weighted by Gasteiger charge is 2.55. The van der Waals surface area contributed by atoms with Gasteiger partial charge in [0.05, 0.1) is 5.69 Å². The maximum Gasteiger partial charge on any atom is 0.171 e. The number of para-hydroxylation sites is 1. The number of Topliss-reactive ketones (excluding diaryl/α,β-unsaturated/α-hetero) is 1. The summed E-state index contributed by atoms with van der Waals surface area (Å²) in [6.45, 7) is 3.27. The van der Waals surface area contributed by atoms with Gasteiger partial charge in [0.25, 0.3) is 0 Å². The molecule has 0 spiro atoms. The van der Waals surface area contributed by atoms with Crippen LogP contribution in [0.3, 0.4) is 0 Å². The minimum atomic E-state index is -1.53. The summed E-state index contributed by atoms with van der Waals surface area (Å²) in [7, 11) is 1.52. The van der Waals surface area contributed by atoms with Crippen molar-refractivity contribution in [1.29, 1.82) is 0 Å². The molecule has 0 bridgehead atoms. The number of hydrogen-bond donors (Lipinski definition) is 2. The Bertz CT molecular complexity index is 671. The number of aliphatic hydroxyl groups is 1. The number of carbonyl (C=O) groups excluding carboxylic acids is 1. The molecule has 0 radical (unpaired) electrons. The topological polar surface area (TPSA) is 62.3 Å². The molecule has 0 fully saturated rings. The minimum absolute atomic E-state index is 0.214. The van der Waals surface area contributed by atoms with E-state index in [1.165, 1.54) is 14.0 Å². The van der Waals surface area contributed by atoms with E-state index in [4.69, 9.17) is 4.74 Å². The maximum absolute atomic E-state index is 12.3. The van der Waals surface area contributed by atoms with Gasteiger partial charge in [0, 0.05) is 24.4 Å². The Hall–Kier alpha value is -1.65. The van der Waals surface area contributed by atoms with Gasteiger partial charge in [-0.2, -0.15) is 0 Å². The second-order valence-corrected chi connectivity index (χ2v) is 5.43. The molecule has 1 heterocycles. The third kappa shape index (κ3) is 1.38. The van der Waals surface area contributed by atoms with Crippen LogP contribution in [0.4, 0.5) is 0 Å². The first-order chi connectivity index (χ1) is 8.91. The van der Waals surface area contributed by atoms with Gasteiger partial charge in [-0.25, -0.2) is 0 Å². The van der Waals surface area contributed by atoms with E-state index in [1.807, 2.05) is 24.3 Å². The lowest BCUT2D eigenvalue weighted by Crippen LogP contribution is -2.58. The van der Waals surface area contributed by atoms with Crippen LogP contribution in [0, 0.1) is 0 Å². The van der Waals surface area contributed by atoms with Gasteiger partial charge in [-0.1, -0.05) is 18.2 Å². The molecule has 0 aliphatic heterocycles.